The Morgan fingerprint density at radius 2 is 1.56 bits per heavy atom. The third kappa shape index (κ3) is 4.77. The zero-order chi connectivity index (χ0) is 22.7. The van der Waals surface area contributed by atoms with Crippen LogP contribution < -0.4 is 0 Å². The maximum absolute atomic E-state index is 11.6. The molecule has 4 rings (SSSR count). The number of phenols is 2. The average Bonchev–Trinajstić information content (AvgIpc) is 2.77. The molecule has 0 radical (unpaired) electrons. The highest BCUT2D eigenvalue weighted by Crippen LogP contribution is 2.37. The Morgan fingerprint density at radius 3 is 2.25 bits per heavy atom. The van der Waals surface area contributed by atoms with Crippen LogP contribution in [0.5, 0.6) is 11.5 Å². The molecule has 0 atom stereocenters. The monoisotopic (exact) mass is 442 g/mol. The van der Waals surface area contributed by atoms with E-state index in [4.69, 9.17) is 0 Å². The summed E-state index contributed by atoms with van der Waals surface area (Å²) in [5.74, 6) is 6.32. The molecule has 0 bridgehead atoms. The van der Waals surface area contributed by atoms with E-state index in [9.17, 15) is 18.6 Å². The number of phenolic OH excluding ortho intramolecular Hbond substituents is 2. The fourth-order valence-electron chi connectivity index (χ4n) is 3.56. The van der Waals surface area contributed by atoms with Gasteiger partial charge in [0.2, 0.25) is 0 Å². The van der Waals surface area contributed by atoms with Gasteiger partial charge in [0.1, 0.15) is 11.5 Å². The topological polar surface area (TPSA) is 74.6 Å². The molecule has 32 heavy (non-hydrogen) atoms. The number of benzene rings is 4. The molecule has 5 heteroatoms. The van der Waals surface area contributed by atoms with Crippen LogP contribution in [0.1, 0.15) is 22.3 Å². The van der Waals surface area contributed by atoms with Gasteiger partial charge in [0, 0.05) is 35.6 Å². The fourth-order valence-corrected chi connectivity index (χ4v) is 4.19. The molecule has 0 amide bonds. The summed E-state index contributed by atoms with van der Waals surface area (Å²) in [5.41, 5.74) is 3.15. The maximum Gasteiger partial charge on any atom is 0.175 e. The lowest BCUT2D eigenvalue weighted by atomic mass is 9.97. The van der Waals surface area contributed by atoms with E-state index in [0.29, 0.717) is 23.8 Å². The second-order valence-electron chi connectivity index (χ2n) is 7.72. The summed E-state index contributed by atoms with van der Waals surface area (Å²) in [4.78, 5) is 0.286. The third-order valence-electron chi connectivity index (χ3n) is 5.30. The third-order valence-corrected chi connectivity index (χ3v) is 6.42. The van der Waals surface area contributed by atoms with Gasteiger partial charge in [-0.15, -0.1) is 0 Å². The normalized spacial score (nSPS) is 11.2. The Bertz CT molecular complexity index is 1440. The largest absolute Gasteiger partial charge is 0.507 e. The number of fused-ring (bicyclic) bond motifs is 1. The quantitative estimate of drug-likeness (QED) is 0.444. The van der Waals surface area contributed by atoms with Crippen LogP contribution >= 0.6 is 0 Å². The van der Waals surface area contributed by atoms with Crippen LogP contribution in [0.3, 0.4) is 0 Å². The molecule has 2 N–H and O–H groups in total. The highest BCUT2D eigenvalue weighted by Gasteiger charge is 2.13. The maximum atomic E-state index is 11.6. The molecule has 0 saturated carbocycles. The van der Waals surface area contributed by atoms with Crippen LogP contribution in [0.25, 0.3) is 10.8 Å². The molecule has 4 aromatic carbocycles. The molecule has 0 aliphatic heterocycles. The molecule has 0 aliphatic carbocycles. The Morgan fingerprint density at radius 1 is 0.844 bits per heavy atom. The van der Waals surface area contributed by atoms with Gasteiger partial charge >= 0.3 is 0 Å². The molecular weight excluding hydrogens is 420 g/mol. The summed E-state index contributed by atoms with van der Waals surface area (Å²) in [6.07, 6.45) is 2.08. The van der Waals surface area contributed by atoms with Gasteiger partial charge in [-0.25, -0.2) is 8.42 Å². The van der Waals surface area contributed by atoms with Gasteiger partial charge in [0.25, 0.3) is 0 Å². The van der Waals surface area contributed by atoms with E-state index in [-0.39, 0.29) is 16.4 Å². The molecule has 0 spiro atoms. The highest BCUT2D eigenvalue weighted by atomic mass is 32.2. The van der Waals surface area contributed by atoms with E-state index in [1.807, 2.05) is 48.5 Å². The summed E-state index contributed by atoms with van der Waals surface area (Å²) in [6.45, 7) is 0. The second kappa shape index (κ2) is 8.78. The number of sulfone groups is 1. The molecule has 0 fully saturated rings. The van der Waals surface area contributed by atoms with Crippen molar-refractivity contribution >= 4 is 20.6 Å². The summed E-state index contributed by atoms with van der Waals surface area (Å²) >= 11 is 0. The minimum atomic E-state index is -3.21. The lowest BCUT2D eigenvalue weighted by Gasteiger charge is -2.11. The Labute approximate surface area is 187 Å². The van der Waals surface area contributed by atoms with Crippen molar-refractivity contribution in [3.63, 3.8) is 0 Å². The molecule has 0 aliphatic rings. The van der Waals surface area contributed by atoms with E-state index in [1.54, 1.807) is 30.3 Å². The Hall–Kier alpha value is -3.75. The molecule has 0 heterocycles. The number of hydrogen-bond donors (Lipinski definition) is 2. The first-order valence-electron chi connectivity index (χ1n) is 10.1. The Kier molecular flexibility index (Phi) is 5.89. The number of hydrogen-bond acceptors (Lipinski definition) is 4. The van der Waals surface area contributed by atoms with Crippen molar-refractivity contribution in [2.45, 2.75) is 17.7 Å². The zero-order valence-electron chi connectivity index (χ0n) is 17.5. The first kappa shape index (κ1) is 21.5. The molecule has 4 nitrogen and oxygen atoms in total. The van der Waals surface area contributed by atoms with Crippen molar-refractivity contribution in [1.82, 2.24) is 0 Å². The molecular formula is C27H22O4S. The highest BCUT2D eigenvalue weighted by molar-refractivity contribution is 7.90. The van der Waals surface area contributed by atoms with Crippen LogP contribution in [0.15, 0.2) is 83.8 Å². The van der Waals surface area contributed by atoms with Gasteiger partial charge in [-0.1, -0.05) is 60.4 Å². The molecule has 0 saturated heterocycles. The van der Waals surface area contributed by atoms with Crippen molar-refractivity contribution in [2.75, 3.05) is 6.26 Å². The van der Waals surface area contributed by atoms with Crippen molar-refractivity contribution in [3.8, 4) is 23.3 Å². The van der Waals surface area contributed by atoms with E-state index < -0.39 is 9.84 Å². The lowest BCUT2D eigenvalue weighted by Crippen LogP contribution is -1.96. The molecule has 4 aromatic rings. The average molecular weight is 443 g/mol. The summed E-state index contributed by atoms with van der Waals surface area (Å²) in [5, 5.41) is 22.7. The van der Waals surface area contributed by atoms with E-state index in [2.05, 4.69) is 11.8 Å². The smallest absolute Gasteiger partial charge is 0.175 e. The van der Waals surface area contributed by atoms with E-state index in [1.165, 1.54) is 6.26 Å². The van der Waals surface area contributed by atoms with Gasteiger partial charge in [-0.2, -0.15) is 0 Å². The van der Waals surface area contributed by atoms with Crippen LogP contribution in [-0.2, 0) is 22.7 Å². The lowest BCUT2D eigenvalue weighted by molar-refractivity contribution is 0.445. The second-order valence-corrected chi connectivity index (χ2v) is 9.73. The van der Waals surface area contributed by atoms with Crippen LogP contribution in [-0.4, -0.2) is 24.9 Å². The standard InChI is InChI=1S/C27H22O4S/c1-32(30,31)23-14-11-19(12-15-23)8-5-9-21-10-13-22-18-26(28)25(27(29)24(22)16-21)17-20-6-3-2-4-7-20/h2-4,6-7,10-16,18,28-29H,8,17H2,1H3. The predicted octanol–water partition coefficient (Wildman–Crippen LogP) is 4.84. The fraction of sp³-hybridized carbons (Fsp3) is 0.111. The van der Waals surface area contributed by atoms with Crippen LogP contribution in [0.4, 0.5) is 0 Å². The van der Waals surface area contributed by atoms with Gasteiger partial charge in [0.05, 0.1) is 4.90 Å². The Balaban J connectivity index is 1.59. The first-order chi connectivity index (χ1) is 15.3. The van der Waals surface area contributed by atoms with Gasteiger partial charge in [-0.05, 0) is 46.8 Å². The first-order valence-corrected chi connectivity index (χ1v) is 12.0. The van der Waals surface area contributed by atoms with E-state index >= 15 is 0 Å². The van der Waals surface area contributed by atoms with Gasteiger partial charge < -0.3 is 10.2 Å². The van der Waals surface area contributed by atoms with Crippen molar-refractivity contribution in [2.24, 2.45) is 0 Å². The number of aromatic hydroxyl groups is 2. The zero-order valence-corrected chi connectivity index (χ0v) is 18.4. The molecule has 160 valence electrons. The summed E-state index contributed by atoms with van der Waals surface area (Å²) < 4.78 is 23.1. The molecule has 0 aromatic heterocycles. The van der Waals surface area contributed by atoms with Gasteiger partial charge in [-0.3, -0.25) is 0 Å². The van der Waals surface area contributed by atoms with Crippen molar-refractivity contribution < 1.29 is 18.6 Å². The van der Waals surface area contributed by atoms with Crippen molar-refractivity contribution in [1.29, 1.82) is 0 Å². The number of rotatable bonds is 4. The minimum Gasteiger partial charge on any atom is -0.507 e. The van der Waals surface area contributed by atoms with E-state index in [0.717, 1.165) is 22.1 Å². The summed E-state index contributed by atoms with van der Waals surface area (Å²) in [7, 11) is -3.21. The predicted molar refractivity (Wildman–Crippen MR) is 127 cm³/mol. The van der Waals surface area contributed by atoms with Gasteiger partial charge in [0.15, 0.2) is 9.84 Å². The summed E-state index contributed by atoms with van der Waals surface area (Å²) in [6, 6.07) is 23.5. The van der Waals surface area contributed by atoms with Crippen LogP contribution in [0.2, 0.25) is 0 Å². The van der Waals surface area contributed by atoms with Crippen LogP contribution in [0, 0.1) is 11.8 Å². The minimum absolute atomic E-state index is 0.0591. The molecule has 0 unspecified atom stereocenters. The van der Waals surface area contributed by atoms with Crippen molar-refractivity contribution in [3.05, 3.63) is 101 Å². The SMILES string of the molecule is CS(=O)(=O)c1ccc(CC#Cc2ccc3cc(O)c(Cc4ccccc4)c(O)c3c2)cc1.